The highest BCUT2D eigenvalue weighted by Gasteiger charge is 2.28. The number of ether oxygens (including phenoxy) is 1. The number of amides is 3. The molecule has 0 unspecified atom stereocenters. The van der Waals surface area contributed by atoms with E-state index < -0.39 is 42.2 Å². The van der Waals surface area contributed by atoms with Crippen molar-refractivity contribution < 1.29 is 24.2 Å². The Hall–Kier alpha value is -2.65. The quantitative estimate of drug-likeness (QED) is 0.252. The molecule has 0 bridgehead atoms. The molecule has 0 fully saturated rings. The first-order chi connectivity index (χ1) is 12.2. The van der Waals surface area contributed by atoms with Crippen molar-refractivity contribution in [2.75, 3.05) is 6.61 Å². The molecule has 0 heterocycles. The first kappa shape index (κ1) is 21.4. The standard InChI is InChI=1S/C17H26N4O5/c1-17(2,3)26-16(25)20-12(9-11-7-5-4-6-8-11)14(23)19-13(10-22)15(24)21-18/h4-8,12-13,22H,9-10,18H2,1-3H3,(H,19,23)(H,20,25)(H,21,24)/t12-,13+/m1/s1. The van der Waals surface area contributed by atoms with Gasteiger partial charge in [0.25, 0.3) is 5.91 Å². The van der Waals surface area contributed by atoms with E-state index in [9.17, 15) is 19.5 Å². The average molecular weight is 366 g/mol. The zero-order valence-electron chi connectivity index (χ0n) is 15.1. The Balaban J connectivity index is 2.89. The SMILES string of the molecule is CC(C)(C)OC(=O)N[C@H](Cc1ccccc1)C(=O)N[C@@H](CO)C(=O)NN. The number of hydrogen-bond acceptors (Lipinski definition) is 6. The van der Waals surface area contributed by atoms with E-state index >= 15 is 0 Å². The second-order valence-electron chi connectivity index (χ2n) is 6.64. The van der Waals surface area contributed by atoms with E-state index in [4.69, 9.17) is 10.6 Å². The third-order valence-electron chi connectivity index (χ3n) is 3.25. The molecule has 9 heteroatoms. The van der Waals surface area contributed by atoms with E-state index in [0.717, 1.165) is 5.56 Å². The lowest BCUT2D eigenvalue weighted by molar-refractivity contribution is -0.131. The van der Waals surface area contributed by atoms with Gasteiger partial charge < -0.3 is 20.5 Å². The molecule has 2 atom stereocenters. The number of rotatable bonds is 7. The molecule has 0 aromatic heterocycles. The Kier molecular flexibility index (Phi) is 8.01. The predicted molar refractivity (Wildman–Crippen MR) is 94.7 cm³/mol. The van der Waals surface area contributed by atoms with Crippen molar-refractivity contribution in [1.82, 2.24) is 16.1 Å². The lowest BCUT2D eigenvalue weighted by Crippen LogP contribution is -2.56. The fraction of sp³-hybridized carbons (Fsp3) is 0.471. The number of nitrogens with two attached hydrogens (primary N) is 1. The van der Waals surface area contributed by atoms with E-state index in [0.29, 0.717) is 0 Å². The van der Waals surface area contributed by atoms with E-state index in [2.05, 4.69) is 10.6 Å². The van der Waals surface area contributed by atoms with Gasteiger partial charge >= 0.3 is 6.09 Å². The number of carbonyl (C=O) groups is 3. The molecule has 0 aliphatic heterocycles. The fourth-order valence-corrected chi connectivity index (χ4v) is 2.08. The Labute approximate surface area is 152 Å². The molecule has 0 radical (unpaired) electrons. The first-order valence-electron chi connectivity index (χ1n) is 8.11. The maximum atomic E-state index is 12.5. The van der Waals surface area contributed by atoms with Gasteiger partial charge in [-0.15, -0.1) is 0 Å². The number of hydrazine groups is 1. The number of hydrogen-bond donors (Lipinski definition) is 5. The van der Waals surface area contributed by atoms with Crippen LogP contribution in [0, 0.1) is 0 Å². The van der Waals surface area contributed by atoms with E-state index in [1.807, 2.05) is 11.5 Å². The molecule has 0 saturated carbocycles. The van der Waals surface area contributed by atoms with Gasteiger partial charge in [0.15, 0.2) is 0 Å². The van der Waals surface area contributed by atoms with Crippen LogP contribution in [0.3, 0.4) is 0 Å². The van der Waals surface area contributed by atoms with Gasteiger partial charge in [-0.2, -0.15) is 0 Å². The molecule has 0 saturated heterocycles. The second-order valence-corrected chi connectivity index (χ2v) is 6.64. The highest BCUT2D eigenvalue weighted by atomic mass is 16.6. The molecule has 144 valence electrons. The van der Waals surface area contributed by atoms with Crippen LogP contribution in [0.4, 0.5) is 4.79 Å². The Bertz CT molecular complexity index is 615. The van der Waals surface area contributed by atoms with Gasteiger partial charge in [0, 0.05) is 6.42 Å². The van der Waals surface area contributed by atoms with Gasteiger partial charge in [0.2, 0.25) is 5.91 Å². The van der Waals surface area contributed by atoms with Crippen LogP contribution in [0.5, 0.6) is 0 Å². The smallest absolute Gasteiger partial charge is 0.408 e. The van der Waals surface area contributed by atoms with Gasteiger partial charge in [-0.1, -0.05) is 30.3 Å². The molecule has 0 aliphatic carbocycles. The van der Waals surface area contributed by atoms with Crippen LogP contribution < -0.4 is 21.9 Å². The van der Waals surface area contributed by atoms with Crippen molar-refractivity contribution >= 4 is 17.9 Å². The van der Waals surface area contributed by atoms with Crippen LogP contribution in [0.25, 0.3) is 0 Å². The molecule has 26 heavy (non-hydrogen) atoms. The summed E-state index contributed by atoms with van der Waals surface area (Å²) < 4.78 is 5.18. The molecule has 3 amide bonds. The van der Waals surface area contributed by atoms with Crippen LogP contribution >= 0.6 is 0 Å². The van der Waals surface area contributed by atoms with Crippen molar-refractivity contribution in [3.05, 3.63) is 35.9 Å². The topological polar surface area (TPSA) is 143 Å². The van der Waals surface area contributed by atoms with E-state index in [-0.39, 0.29) is 6.42 Å². The molecule has 9 nitrogen and oxygen atoms in total. The number of nitrogens with one attached hydrogen (secondary N) is 3. The maximum absolute atomic E-state index is 12.5. The third kappa shape index (κ3) is 7.49. The largest absolute Gasteiger partial charge is 0.444 e. The summed E-state index contributed by atoms with van der Waals surface area (Å²) in [5.74, 6) is 3.62. The van der Waals surface area contributed by atoms with Crippen molar-refractivity contribution in [2.45, 2.75) is 44.9 Å². The van der Waals surface area contributed by atoms with Crippen LogP contribution in [0.2, 0.25) is 0 Å². The van der Waals surface area contributed by atoms with Crippen LogP contribution in [-0.2, 0) is 20.7 Å². The van der Waals surface area contributed by atoms with Crippen molar-refractivity contribution in [3.8, 4) is 0 Å². The summed E-state index contributed by atoms with van der Waals surface area (Å²) in [7, 11) is 0. The van der Waals surface area contributed by atoms with Gasteiger partial charge in [0.05, 0.1) is 6.61 Å². The number of aliphatic hydroxyl groups is 1. The van der Waals surface area contributed by atoms with Gasteiger partial charge in [-0.3, -0.25) is 15.0 Å². The van der Waals surface area contributed by atoms with E-state index in [1.54, 1.807) is 45.0 Å². The minimum atomic E-state index is -1.23. The predicted octanol–water partition coefficient (Wildman–Crippen LogP) is -0.411. The summed E-state index contributed by atoms with van der Waals surface area (Å²) in [6.45, 7) is 4.46. The second kappa shape index (κ2) is 9.73. The zero-order valence-corrected chi connectivity index (χ0v) is 15.1. The molecule has 1 rings (SSSR count). The number of aliphatic hydroxyl groups excluding tert-OH is 1. The Morgan fingerprint density at radius 3 is 2.19 bits per heavy atom. The summed E-state index contributed by atoms with van der Waals surface area (Å²) in [5, 5.41) is 14.1. The third-order valence-corrected chi connectivity index (χ3v) is 3.25. The molecule has 6 N–H and O–H groups in total. The van der Waals surface area contributed by atoms with E-state index in [1.165, 1.54) is 0 Å². The summed E-state index contributed by atoms with van der Waals surface area (Å²) in [5.41, 5.74) is 1.92. The summed E-state index contributed by atoms with van der Waals surface area (Å²) in [4.78, 5) is 36.1. The maximum Gasteiger partial charge on any atom is 0.408 e. The van der Waals surface area contributed by atoms with Crippen molar-refractivity contribution in [2.24, 2.45) is 5.84 Å². The minimum absolute atomic E-state index is 0.175. The highest BCUT2D eigenvalue weighted by Crippen LogP contribution is 2.09. The average Bonchev–Trinajstić information content (AvgIpc) is 2.57. The summed E-state index contributed by atoms with van der Waals surface area (Å²) >= 11 is 0. The lowest BCUT2D eigenvalue weighted by atomic mass is 10.0. The fourth-order valence-electron chi connectivity index (χ4n) is 2.08. The highest BCUT2D eigenvalue weighted by molar-refractivity contribution is 5.91. The van der Waals surface area contributed by atoms with Crippen molar-refractivity contribution in [1.29, 1.82) is 0 Å². The molecular formula is C17H26N4O5. The number of carbonyl (C=O) groups excluding carboxylic acids is 3. The molecule has 0 spiro atoms. The van der Waals surface area contributed by atoms with Crippen LogP contribution in [-0.4, -0.2) is 47.3 Å². The Morgan fingerprint density at radius 2 is 1.69 bits per heavy atom. The molecule has 1 aromatic carbocycles. The molecule has 0 aliphatic rings. The summed E-state index contributed by atoms with van der Waals surface area (Å²) in [6.07, 6.45) is -0.591. The number of alkyl carbamates (subject to hydrolysis) is 1. The molecule has 1 aromatic rings. The zero-order chi connectivity index (χ0) is 19.7. The monoisotopic (exact) mass is 366 g/mol. The minimum Gasteiger partial charge on any atom is -0.444 e. The van der Waals surface area contributed by atoms with Gasteiger partial charge in [-0.25, -0.2) is 10.6 Å². The summed E-state index contributed by atoms with van der Waals surface area (Å²) in [6, 6.07) is 6.79. The first-order valence-corrected chi connectivity index (χ1v) is 8.11. The molecular weight excluding hydrogens is 340 g/mol. The Morgan fingerprint density at radius 1 is 1.08 bits per heavy atom. The van der Waals surface area contributed by atoms with Gasteiger partial charge in [-0.05, 0) is 26.3 Å². The van der Waals surface area contributed by atoms with Crippen LogP contribution in [0.1, 0.15) is 26.3 Å². The normalized spacial score (nSPS) is 13.3. The van der Waals surface area contributed by atoms with Gasteiger partial charge in [0.1, 0.15) is 17.7 Å². The van der Waals surface area contributed by atoms with Crippen molar-refractivity contribution in [3.63, 3.8) is 0 Å². The number of benzene rings is 1. The lowest BCUT2D eigenvalue weighted by Gasteiger charge is -2.24. The van der Waals surface area contributed by atoms with Crippen LogP contribution in [0.15, 0.2) is 30.3 Å².